The molecule has 0 bridgehead atoms. The summed E-state index contributed by atoms with van der Waals surface area (Å²) in [6, 6.07) is 17.1. The van der Waals surface area contributed by atoms with Gasteiger partial charge in [0.15, 0.2) is 6.61 Å². The third-order valence-electron chi connectivity index (χ3n) is 4.88. The smallest absolute Gasteiger partial charge is 0.261 e. The van der Waals surface area contributed by atoms with Gasteiger partial charge in [-0.2, -0.15) is 0 Å². The maximum Gasteiger partial charge on any atom is 0.261 e. The molecule has 1 amide bonds. The summed E-state index contributed by atoms with van der Waals surface area (Å²) >= 11 is 0. The average Bonchev–Trinajstić information content (AvgIpc) is 2.78. The van der Waals surface area contributed by atoms with Gasteiger partial charge < -0.3 is 10.1 Å². The van der Waals surface area contributed by atoms with Crippen LogP contribution in [0.3, 0.4) is 0 Å². The third kappa shape index (κ3) is 6.80. The molecule has 0 spiro atoms. The van der Waals surface area contributed by atoms with E-state index in [-0.39, 0.29) is 22.9 Å². The largest absolute Gasteiger partial charge is 0.484 e. The lowest BCUT2D eigenvalue weighted by Crippen LogP contribution is -2.28. The van der Waals surface area contributed by atoms with E-state index < -0.39 is 26.0 Å². The molecule has 3 aromatic rings. The van der Waals surface area contributed by atoms with E-state index in [1.165, 1.54) is 36.4 Å². The van der Waals surface area contributed by atoms with E-state index >= 15 is 0 Å². The van der Waals surface area contributed by atoms with Crippen LogP contribution in [0, 0.1) is 13.8 Å². The number of amides is 1. The van der Waals surface area contributed by atoms with Gasteiger partial charge in [0.2, 0.25) is 10.0 Å². The fraction of sp³-hybridized carbons (Fsp3) is 0.174. The Balaban J connectivity index is 1.53. The summed E-state index contributed by atoms with van der Waals surface area (Å²) in [4.78, 5) is 12.1. The van der Waals surface area contributed by atoms with Crippen LogP contribution in [-0.4, -0.2) is 29.3 Å². The van der Waals surface area contributed by atoms with Crippen molar-refractivity contribution in [3.05, 3.63) is 83.4 Å². The normalized spacial score (nSPS) is 11.6. The van der Waals surface area contributed by atoms with Crippen LogP contribution >= 0.6 is 0 Å². The predicted octanol–water partition coefficient (Wildman–Crippen LogP) is 2.45. The van der Waals surface area contributed by atoms with Crippen LogP contribution in [0.1, 0.15) is 16.7 Å². The molecule has 0 atom stereocenters. The first-order valence-corrected chi connectivity index (χ1v) is 13.2. The number of sulfonamides is 2. The van der Waals surface area contributed by atoms with Crippen molar-refractivity contribution in [2.45, 2.75) is 30.2 Å². The van der Waals surface area contributed by atoms with Gasteiger partial charge in [-0.1, -0.05) is 24.3 Å². The van der Waals surface area contributed by atoms with Crippen LogP contribution < -0.4 is 19.9 Å². The Morgan fingerprint density at radius 2 is 1.50 bits per heavy atom. The highest BCUT2D eigenvalue weighted by Crippen LogP contribution is 2.22. The second-order valence-corrected chi connectivity index (χ2v) is 10.9. The standard InChI is InChI=1S/C23H25N3O6S2/c1-16-3-4-17(2)22(13-16)26-34(30,31)21-11-7-19(8-12-21)32-15-23(27)25-14-18-5-9-20(10-6-18)33(24,28)29/h3-13,26H,14-15H2,1-2H3,(H,25,27)(H2,24,28,29). The summed E-state index contributed by atoms with van der Waals surface area (Å²) in [6.07, 6.45) is 0. The Hall–Kier alpha value is -3.41. The number of carbonyl (C=O) groups is 1. The van der Waals surface area contributed by atoms with E-state index in [9.17, 15) is 21.6 Å². The maximum atomic E-state index is 12.7. The van der Waals surface area contributed by atoms with E-state index in [1.54, 1.807) is 18.2 Å². The number of hydrogen-bond acceptors (Lipinski definition) is 6. The summed E-state index contributed by atoms with van der Waals surface area (Å²) in [5.41, 5.74) is 2.94. The SMILES string of the molecule is Cc1ccc(C)c(NS(=O)(=O)c2ccc(OCC(=O)NCc3ccc(S(N)(=O)=O)cc3)cc2)c1. The number of rotatable bonds is 9. The van der Waals surface area contributed by atoms with Crippen molar-refractivity contribution in [2.75, 3.05) is 11.3 Å². The molecule has 0 aromatic heterocycles. The number of ether oxygens (including phenoxy) is 1. The Morgan fingerprint density at radius 3 is 2.12 bits per heavy atom. The molecule has 0 saturated carbocycles. The molecule has 4 N–H and O–H groups in total. The minimum absolute atomic E-state index is 0.0133. The topological polar surface area (TPSA) is 145 Å². The molecule has 0 aliphatic heterocycles. The zero-order valence-corrected chi connectivity index (χ0v) is 20.2. The van der Waals surface area contributed by atoms with Crippen molar-refractivity contribution >= 4 is 31.6 Å². The van der Waals surface area contributed by atoms with E-state index in [4.69, 9.17) is 9.88 Å². The monoisotopic (exact) mass is 503 g/mol. The lowest BCUT2D eigenvalue weighted by Gasteiger charge is -2.12. The van der Waals surface area contributed by atoms with Crippen molar-refractivity contribution < 1.29 is 26.4 Å². The summed E-state index contributed by atoms with van der Waals surface area (Å²) in [5, 5.41) is 7.70. The van der Waals surface area contributed by atoms with Crippen molar-refractivity contribution in [2.24, 2.45) is 5.14 Å². The Bertz CT molecular complexity index is 1390. The number of benzene rings is 3. The zero-order valence-electron chi connectivity index (χ0n) is 18.6. The number of primary sulfonamides is 1. The van der Waals surface area contributed by atoms with Gasteiger partial charge in [-0.15, -0.1) is 0 Å². The molecular weight excluding hydrogens is 478 g/mol. The van der Waals surface area contributed by atoms with E-state index in [1.807, 2.05) is 26.0 Å². The highest BCUT2D eigenvalue weighted by Gasteiger charge is 2.16. The molecule has 3 aromatic carbocycles. The molecule has 34 heavy (non-hydrogen) atoms. The molecule has 180 valence electrons. The molecule has 9 nitrogen and oxygen atoms in total. The van der Waals surface area contributed by atoms with Crippen molar-refractivity contribution in [3.8, 4) is 5.75 Å². The van der Waals surface area contributed by atoms with Crippen LogP contribution in [0.2, 0.25) is 0 Å². The van der Waals surface area contributed by atoms with Gasteiger partial charge in [0.1, 0.15) is 5.75 Å². The molecule has 0 radical (unpaired) electrons. The zero-order chi connectivity index (χ0) is 24.9. The van der Waals surface area contributed by atoms with Crippen LogP contribution in [0.4, 0.5) is 5.69 Å². The lowest BCUT2D eigenvalue weighted by atomic mass is 10.1. The highest BCUT2D eigenvalue weighted by atomic mass is 32.2. The first kappa shape index (κ1) is 25.2. The second-order valence-electron chi connectivity index (χ2n) is 7.65. The highest BCUT2D eigenvalue weighted by molar-refractivity contribution is 7.92. The van der Waals surface area contributed by atoms with Crippen molar-refractivity contribution in [1.82, 2.24) is 5.32 Å². The summed E-state index contributed by atoms with van der Waals surface area (Å²) in [6.45, 7) is 3.60. The Labute approximate surface area is 199 Å². The number of hydrogen-bond donors (Lipinski definition) is 3. The lowest BCUT2D eigenvalue weighted by molar-refractivity contribution is -0.123. The van der Waals surface area contributed by atoms with Gasteiger partial charge in [0.25, 0.3) is 15.9 Å². The number of nitrogens with one attached hydrogen (secondary N) is 2. The number of carbonyl (C=O) groups excluding carboxylic acids is 1. The van der Waals surface area contributed by atoms with E-state index in [0.29, 0.717) is 17.0 Å². The molecule has 0 unspecified atom stereocenters. The molecule has 0 heterocycles. The maximum absolute atomic E-state index is 12.7. The second kappa shape index (κ2) is 10.2. The van der Waals surface area contributed by atoms with Gasteiger partial charge >= 0.3 is 0 Å². The van der Waals surface area contributed by atoms with Gasteiger partial charge in [-0.05, 0) is 73.0 Å². The van der Waals surface area contributed by atoms with Gasteiger partial charge in [-0.3, -0.25) is 9.52 Å². The minimum Gasteiger partial charge on any atom is -0.484 e. The number of nitrogens with two attached hydrogens (primary N) is 1. The predicted molar refractivity (Wildman–Crippen MR) is 128 cm³/mol. The fourth-order valence-electron chi connectivity index (χ4n) is 2.96. The van der Waals surface area contributed by atoms with E-state index in [0.717, 1.165) is 11.1 Å². The van der Waals surface area contributed by atoms with Gasteiger partial charge in [-0.25, -0.2) is 22.0 Å². The first-order chi connectivity index (χ1) is 15.9. The van der Waals surface area contributed by atoms with E-state index in [2.05, 4.69) is 10.0 Å². The van der Waals surface area contributed by atoms with Crippen LogP contribution in [0.15, 0.2) is 76.5 Å². The van der Waals surface area contributed by atoms with Crippen LogP contribution in [-0.2, 0) is 31.4 Å². The number of anilines is 1. The molecule has 3 rings (SSSR count). The molecule has 0 fully saturated rings. The summed E-state index contributed by atoms with van der Waals surface area (Å²) in [7, 11) is -7.55. The minimum atomic E-state index is -3.78. The van der Waals surface area contributed by atoms with Gasteiger partial charge in [0.05, 0.1) is 15.5 Å². The summed E-state index contributed by atoms with van der Waals surface area (Å²) in [5.74, 6) is -0.0675. The molecule has 0 aliphatic carbocycles. The fourth-order valence-corrected chi connectivity index (χ4v) is 4.60. The number of aryl methyl sites for hydroxylation is 2. The van der Waals surface area contributed by atoms with Crippen LogP contribution in [0.5, 0.6) is 5.75 Å². The molecule has 11 heteroatoms. The molecule has 0 aliphatic rings. The average molecular weight is 504 g/mol. The van der Waals surface area contributed by atoms with Gasteiger partial charge in [0, 0.05) is 6.54 Å². The van der Waals surface area contributed by atoms with Crippen molar-refractivity contribution in [1.29, 1.82) is 0 Å². The van der Waals surface area contributed by atoms with Crippen molar-refractivity contribution in [3.63, 3.8) is 0 Å². The van der Waals surface area contributed by atoms with Crippen LogP contribution in [0.25, 0.3) is 0 Å². The molecular formula is C23H25N3O6S2. The third-order valence-corrected chi connectivity index (χ3v) is 7.19. The Kier molecular flexibility index (Phi) is 7.60. The first-order valence-electron chi connectivity index (χ1n) is 10.2. The molecule has 0 saturated heterocycles. The quantitative estimate of drug-likeness (QED) is 0.409. The Morgan fingerprint density at radius 1 is 0.882 bits per heavy atom. The summed E-state index contributed by atoms with van der Waals surface area (Å²) < 4.78 is 55.9.